The van der Waals surface area contributed by atoms with Crippen molar-refractivity contribution in [2.75, 3.05) is 43.4 Å². The van der Waals surface area contributed by atoms with Crippen LogP contribution in [0.1, 0.15) is 21.5 Å². The van der Waals surface area contributed by atoms with Crippen molar-refractivity contribution in [3.8, 4) is 0 Å². The quantitative estimate of drug-likeness (QED) is 0.291. The molecule has 0 aliphatic carbocycles. The minimum absolute atomic E-state index is 0. The van der Waals surface area contributed by atoms with Gasteiger partial charge in [-0.05, 0) is 81.5 Å². The summed E-state index contributed by atoms with van der Waals surface area (Å²) in [6.07, 6.45) is 0. The van der Waals surface area contributed by atoms with Crippen LogP contribution in [0.3, 0.4) is 0 Å². The van der Waals surface area contributed by atoms with Crippen LogP contribution in [-0.2, 0) is 10.0 Å². The summed E-state index contributed by atoms with van der Waals surface area (Å²) in [5.41, 5.74) is 4.13. The normalized spacial score (nSPS) is 11.4. The first-order chi connectivity index (χ1) is 17.1. The molecule has 0 saturated heterocycles. The molecule has 0 aliphatic rings. The lowest BCUT2D eigenvalue weighted by Gasteiger charge is -2.22. The van der Waals surface area contributed by atoms with Crippen LogP contribution >= 0.6 is 23.7 Å². The maximum Gasteiger partial charge on any atom is 0.264 e. The van der Waals surface area contributed by atoms with Crippen molar-refractivity contribution < 1.29 is 13.2 Å². The minimum Gasteiger partial charge on any atom is -0.308 e. The lowest BCUT2D eigenvalue weighted by Crippen LogP contribution is -2.36. The standard InChI is InChI=1S/C27H30N4O3S2.ClH/c1-19-11-16-24-25(20(19)2)28-27(35-24)31(18-17-29(3)4)26(32)21-12-14-23(15-13-21)36(33,34)30(5)22-9-7-6-8-10-22;/h6-16H,17-18H2,1-5H3;1H. The van der Waals surface area contributed by atoms with Crippen LogP contribution in [0.4, 0.5) is 10.8 Å². The van der Waals surface area contributed by atoms with Crippen molar-refractivity contribution in [3.05, 3.63) is 83.4 Å². The summed E-state index contributed by atoms with van der Waals surface area (Å²) in [5.74, 6) is -0.217. The number of carbonyl (C=O) groups excluding carboxylic acids is 1. The fourth-order valence-corrected chi connectivity index (χ4v) is 6.02. The van der Waals surface area contributed by atoms with E-state index in [0.717, 1.165) is 21.3 Å². The van der Waals surface area contributed by atoms with E-state index in [-0.39, 0.29) is 23.2 Å². The molecule has 1 aromatic heterocycles. The number of anilines is 2. The molecule has 0 fully saturated rings. The highest BCUT2D eigenvalue weighted by Crippen LogP contribution is 2.33. The maximum atomic E-state index is 13.6. The lowest BCUT2D eigenvalue weighted by atomic mass is 10.1. The van der Waals surface area contributed by atoms with Gasteiger partial charge in [0.2, 0.25) is 0 Å². The number of likely N-dealkylation sites (N-methyl/N-ethyl adjacent to an activating group) is 1. The molecule has 0 unspecified atom stereocenters. The van der Waals surface area contributed by atoms with Crippen LogP contribution in [0, 0.1) is 13.8 Å². The number of carbonyl (C=O) groups is 1. The highest BCUT2D eigenvalue weighted by atomic mass is 35.5. The third-order valence-corrected chi connectivity index (χ3v) is 9.04. The van der Waals surface area contributed by atoms with Crippen molar-refractivity contribution >= 4 is 60.7 Å². The Hall–Kier alpha value is -2.98. The zero-order chi connectivity index (χ0) is 26.0. The van der Waals surface area contributed by atoms with E-state index in [0.29, 0.717) is 29.5 Å². The Morgan fingerprint density at radius 2 is 1.54 bits per heavy atom. The zero-order valence-corrected chi connectivity index (χ0v) is 24.0. The second-order valence-electron chi connectivity index (χ2n) is 8.94. The molecule has 0 N–H and O–H groups in total. The van der Waals surface area contributed by atoms with Gasteiger partial charge in [-0.1, -0.05) is 35.6 Å². The average Bonchev–Trinajstić information content (AvgIpc) is 3.31. The van der Waals surface area contributed by atoms with E-state index in [4.69, 9.17) is 4.98 Å². The van der Waals surface area contributed by atoms with E-state index in [1.165, 1.54) is 34.8 Å². The number of hydrogen-bond acceptors (Lipinski definition) is 6. The Morgan fingerprint density at radius 3 is 2.16 bits per heavy atom. The van der Waals surface area contributed by atoms with E-state index in [9.17, 15) is 13.2 Å². The largest absolute Gasteiger partial charge is 0.308 e. The first-order valence-electron chi connectivity index (χ1n) is 11.6. The molecule has 3 aromatic carbocycles. The topological polar surface area (TPSA) is 73.8 Å². The van der Waals surface area contributed by atoms with Gasteiger partial charge in [0.05, 0.1) is 20.8 Å². The lowest BCUT2D eigenvalue weighted by molar-refractivity contribution is 0.0985. The molecule has 1 amide bonds. The molecule has 10 heteroatoms. The van der Waals surface area contributed by atoms with E-state index in [1.54, 1.807) is 41.3 Å². The number of sulfonamides is 1. The van der Waals surface area contributed by atoms with Crippen molar-refractivity contribution in [1.82, 2.24) is 9.88 Å². The number of amides is 1. The maximum absolute atomic E-state index is 13.6. The molecule has 1 heterocycles. The monoisotopic (exact) mass is 558 g/mol. The number of para-hydroxylation sites is 1. The summed E-state index contributed by atoms with van der Waals surface area (Å²) in [6.45, 7) is 5.21. The van der Waals surface area contributed by atoms with Crippen molar-refractivity contribution in [2.24, 2.45) is 0 Å². The van der Waals surface area contributed by atoms with Gasteiger partial charge >= 0.3 is 0 Å². The Balaban J connectivity index is 0.00000380. The number of rotatable bonds is 8. The number of thiazole rings is 1. The number of fused-ring (bicyclic) bond motifs is 1. The predicted octanol–water partition coefficient (Wildman–Crippen LogP) is 5.37. The zero-order valence-electron chi connectivity index (χ0n) is 21.5. The molecule has 37 heavy (non-hydrogen) atoms. The fourth-order valence-electron chi connectivity index (χ4n) is 3.77. The van der Waals surface area contributed by atoms with E-state index in [2.05, 4.69) is 6.07 Å². The van der Waals surface area contributed by atoms with Gasteiger partial charge < -0.3 is 4.90 Å². The number of halogens is 1. The molecule has 0 atom stereocenters. The molecule has 0 spiro atoms. The van der Waals surface area contributed by atoms with E-state index in [1.807, 2.05) is 45.0 Å². The van der Waals surface area contributed by atoms with E-state index < -0.39 is 10.0 Å². The summed E-state index contributed by atoms with van der Waals surface area (Å²) >= 11 is 1.48. The van der Waals surface area contributed by atoms with Crippen molar-refractivity contribution in [2.45, 2.75) is 18.7 Å². The Kier molecular flexibility index (Phi) is 8.96. The van der Waals surface area contributed by atoms with Crippen LogP contribution in [0.15, 0.2) is 71.6 Å². The number of aromatic nitrogens is 1. The number of aryl methyl sites for hydroxylation is 2. The molecule has 4 rings (SSSR count). The number of hydrogen-bond donors (Lipinski definition) is 0. The third-order valence-electron chi connectivity index (χ3n) is 6.20. The molecule has 0 aliphatic heterocycles. The average molecular weight is 559 g/mol. The molecule has 4 aromatic rings. The SMILES string of the molecule is Cc1ccc2sc(N(CCN(C)C)C(=O)c3ccc(S(=O)(=O)N(C)c4ccccc4)cc3)nc2c1C.Cl. The minimum atomic E-state index is -3.76. The van der Waals surface area contributed by atoms with Gasteiger partial charge in [-0.25, -0.2) is 13.4 Å². The Morgan fingerprint density at radius 1 is 0.892 bits per heavy atom. The summed E-state index contributed by atoms with van der Waals surface area (Å²) in [6, 6.07) is 19.1. The second kappa shape index (κ2) is 11.6. The van der Waals surface area contributed by atoms with Crippen LogP contribution < -0.4 is 9.21 Å². The summed E-state index contributed by atoms with van der Waals surface area (Å²) in [5, 5.41) is 0.631. The summed E-state index contributed by atoms with van der Waals surface area (Å²) in [7, 11) is 1.67. The Labute approximate surface area is 228 Å². The first-order valence-corrected chi connectivity index (χ1v) is 13.8. The smallest absolute Gasteiger partial charge is 0.264 e. The van der Waals surface area contributed by atoms with Crippen molar-refractivity contribution in [1.29, 1.82) is 0 Å². The van der Waals surface area contributed by atoms with Crippen LogP contribution in [0.25, 0.3) is 10.2 Å². The molecule has 0 radical (unpaired) electrons. The van der Waals surface area contributed by atoms with Crippen LogP contribution in [-0.4, -0.2) is 58.4 Å². The number of benzene rings is 3. The van der Waals surface area contributed by atoms with Crippen LogP contribution in [0.5, 0.6) is 0 Å². The molecular weight excluding hydrogens is 528 g/mol. The summed E-state index contributed by atoms with van der Waals surface area (Å²) < 4.78 is 28.5. The first kappa shape index (κ1) is 28.6. The van der Waals surface area contributed by atoms with Crippen LogP contribution in [0.2, 0.25) is 0 Å². The summed E-state index contributed by atoms with van der Waals surface area (Å²) in [4.78, 5) is 22.2. The van der Waals surface area contributed by atoms with Gasteiger partial charge in [0.15, 0.2) is 5.13 Å². The molecular formula is C27H31ClN4O3S2. The molecule has 0 saturated carbocycles. The fraction of sp³-hybridized carbons (Fsp3) is 0.259. The van der Waals surface area contributed by atoms with Gasteiger partial charge in [0.25, 0.3) is 15.9 Å². The molecule has 196 valence electrons. The number of nitrogens with zero attached hydrogens (tertiary/aromatic N) is 4. The van der Waals surface area contributed by atoms with E-state index >= 15 is 0 Å². The second-order valence-corrected chi connectivity index (χ2v) is 11.9. The van der Waals surface area contributed by atoms with Crippen molar-refractivity contribution in [3.63, 3.8) is 0 Å². The van der Waals surface area contributed by atoms with Gasteiger partial charge in [0.1, 0.15) is 0 Å². The predicted molar refractivity (Wildman–Crippen MR) is 155 cm³/mol. The van der Waals surface area contributed by atoms with Gasteiger partial charge in [-0.3, -0.25) is 14.0 Å². The van der Waals surface area contributed by atoms with Gasteiger partial charge in [-0.2, -0.15) is 0 Å². The third kappa shape index (κ3) is 5.96. The highest BCUT2D eigenvalue weighted by Gasteiger charge is 2.25. The highest BCUT2D eigenvalue weighted by molar-refractivity contribution is 7.92. The van der Waals surface area contributed by atoms with Gasteiger partial charge in [0, 0.05) is 25.7 Å². The van der Waals surface area contributed by atoms with Gasteiger partial charge in [-0.15, -0.1) is 12.4 Å². The molecule has 0 bridgehead atoms. The Bertz CT molecular complexity index is 1490. The molecule has 7 nitrogen and oxygen atoms in total.